The molecular weight excluding hydrogens is 717 g/mol. The molecule has 7 atom stereocenters. The number of thiophene rings is 1. The highest BCUT2D eigenvalue weighted by Crippen LogP contribution is 2.50. The van der Waals surface area contributed by atoms with Crippen molar-refractivity contribution in [3.05, 3.63) is 80.7 Å². The van der Waals surface area contributed by atoms with Gasteiger partial charge in [0.1, 0.15) is 0 Å². The Labute approximate surface area is 330 Å². The summed E-state index contributed by atoms with van der Waals surface area (Å²) in [6.07, 6.45) is 7.33. The van der Waals surface area contributed by atoms with Crippen LogP contribution in [0.5, 0.6) is 23.0 Å². The largest absolute Gasteiger partial charge is 0.493 e. The number of piperidine rings is 1. The molecule has 1 N–H and O–H groups in total. The molecule has 55 heavy (non-hydrogen) atoms. The van der Waals surface area contributed by atoms with Gasteiger partial charge in [0.05, 0.1) is 34.5 Å². The lowest BCUT2D eigenvalue weighted by atomic mass is 9.72. The third-order valence-electron chi connectivity index (χ3n) is 12.6. The van der Waals surface area contributed by atoms with E-state index in [1.165, 1.54) is 16.7 Å². The average Bonchev–Trinajstić information content (AvgIpc) is 3.76. The smallest absolute Gasteiger partial charge is 0.289 e. The Hall–Kier alpha value is -3.77. The molecule has 7 rings (SSSR count). The van der Waals surface area contributed by atoms with E-state index in [1.54, 1.807) is 39.8 Å². The van der Waals surface area contributed by atoms with Gasteiger partial charge in [0.15, 0.2) is 28.8 Å². The summed E-state index contributed by atoms with van der Waals surface area (Å²) in [5, 5.41) is 14.0. The zero-order valence-electron chi connectivity index (χ0n) is 33.3. The lowest BCUT2D eigenvalue weighted by Crippen LogP contribution is -2.48. The van der Waals surface area contributed by atoms with Crippen molar-refractivity contribution >= 4 is 17.2 Å². The van der Waals surface area contributed by atoms with Crippen molar-refractivity contribution in [1.29, 1.82) is 0 Å². The van der Waals surface area contributed by atoms with Crippen LogP contribution in [0.15, 0.2) is 52.9 Å². The number of aliphatic hydroxyl groups is 1. The SMILES string of the molecule is CCO[C@H]1OC(C(=O)N2CCc3cc(OC)c(OC)cc3[C@H]2C[C@H]2C[C@H]3c4cc(OC)c(OC)cc4CCN3C[C@@H]2CC)=C[C@@H](c2ccsc2)[C@H]1CCCO. The number of hydrogen-bond acceptors (Lipinski definition) is 10. The third-order valence-corrected chi connectivity index (χ3v) is 13.3. The Bertz CT molecular complexity index is 1810. The maximum absolute atomic E-state index is 15.1. The van der Waals surface area contributed by atoms with E-state index >= 15 is 4.79 Å². The molecule has 298 valence electrons. The fourth-order valence-corrected chi connectivity index (χ4v) is 10.5. The van der Waals surface area contributed by atoms with Gasteiger partial charge in [-0.2, -0.15) is 11.3 Å². The van der Waals surface area contributed by atoms with Gasteiger partial charge in [0.2, 0.25) is 6.29 Å². The van der Waals surface area contributed by atoms with E-state index < -0.39 is 6.29 Å². The number of ether oxygens (including phenoxy) is 6. The fourth-order valence-electron chi connectivity index (χ4n) is 9.81. The summed E-state index contributed by atoms with van der Waals surface area (Å²) in [6, 6.07) is 10.7. The first kappa shape index (κ1) is 39.5. The number of benzene rings is 2. The van der Waals surface area contributed by atoms with Crippen LogP contribution < -0.4 is 18.9 Å². The van der Waals surface area contributed by atoms with Gasteiger partial charge < -0.3 is 38.4 Å². The van der Waals surface area contributed by atoms with Crippen LogP contribution >= 0.6 is 11.3 Å². The Morgan fingerprint density at radius 1 is 0.909 bits per heavy atom. The molecule has 0 unspecified atom stereocenters. The molecule has 0 spiro atoms. The number of nitrogens with zero attached hydrogens (tertiary/aromatic N) is 2. The standard InChI is InChI=1S/C44H58N2O8S/c1-7-27-25-45-14-11-28-20-38(49-3)40(51-5)23-34(28)36(45)18-31(27)19-37-35-24-41(52-6)39(50-4)21-29(35)12-15-46(37)43(48)42-22-33(30-13-17-55-26-30)32(10-9-16-47)44(54-42)53-8-2/h13,17,20-24,26-27,31-33,36-37,44,47H,7-12,14-16,18-19,25H2,1-6H3/t27-,31+,32+,33-,36-,37+,44-/m0/s1. The number of carbonyl (C=O) groups excluding carboxylic acids is 1. The van der Waals surface area contributed by atoms with Crippen molar-refractivity contribution in [2.24, 2.45) is 17.8 Å². The number of rotatable bonds is 14. The molecule has 0 bridgehead atoms. The number of fused-ring (bicyclic) bond motifs is 4. The quantitative estimate of drug-likeness (QED) is 0.177. The Morgan fingerprint density at radius 2 is 1.58 bits per heavy atom. The van der Waals surface area contributed by atoms with Gasteiger partial charge in [-0.05, 0) is 132 Å². The molecule has 0 radical (unpaired) electrons. The minimum absolute atomic E-state index is 0.0275. The second kappa shape index (κ2) is 17.6. The van der Waals surface area contributed by atoms with Crippen molar-refractivity contribution in [2.75, 3.05) is 61.3 Å². The van der Waals surface area contributed by atoms with Crippen LogP contribution in [-0.2, 0) is 27.1 Å². The molecule has 2 aromatic carbocycles. The summed E-state index contributed by atoms with van der Waals surface area (Å²) in [5.74, 6) is 3.87. The van der Waals surface area contributed by atoms with Crippen molar-refractivity contribution in [2.45, 2.75) is 83.1 Å². The zero-order chi connectivity index (χ0) is 38.6. The normalized spacial score (nSPS) is 26.2. The van der Waals surface area contributed by atoms with Gasteiger partial charge in [-0.25, -0.2) is 0 Å². The molecule has 0 aliphatic carbocycles. The number of hydrogen-bond donors (Lipinski definition) is 1. The maximum atomic E-state index is 15.1. The molecule has 10 nitrogen and oxygen atoms in total. The molecule has 1 aromatic heterocycles. The monoisotopic (exact) mass is 774 g/mol. The fraction of sp³-hybridized carbons (Fsp3) is 0.568. The average molecular weight is 775 g/mol. The predicted octanol–water partition coefficient (Wildman–Crippen LogP) is 7.69. The molecule has 1 fully saturated rings. The first-order valence-electron chi connectivity index (χ1n) is 20.0. The summed E-state index contributed by atoms with van der Waals surface area (Å²) < 4.78 is 35.9. The van der Waals surface area contributed by atoms with Gasteiger partial charge in [-0.3, -0.25) is 9.69 Å². The van der Waals surface area contributed by atoms with Crippen LogP contribution in [0, 0.1) is 17.8 Å². The van der Waals surface area contributed by atoms with E-state index in [0.717, 1.165) is 67.8 Å². The molecule has 1 saturated heterocycles. The predicted molar refractivity (Wildman–Crippen MR) is 213 cm³/mol. The van der Waals surface area contributed by atoms with Crippen molar-refractivity contribution < 1.29 is 38.3 Å². The van der Waals surface area contributed by atoms with Crippen molar-refractivity contribution in [3.8, 4) is 23.0 Å². The Morgan fingerprint density at radius 3 is 2.22 bits per heavy atom. The highest BCUT2D eigenvalue weighted by Gasteiger charge is 2.44. The molecule has 11 heteroatoms. The topological polar surface area (TPSA) is 99.2 Å². The Kier molecular flexibility index (Phi) is 12.6. The summed E-state index contributed by atoms with van der Waals surface area (Å²) >= 11 is 1.65. The van der Waals surface area contributed by atoms with E-state index in [2.05, 4.69) is 57.8 Å². The van der Waals surface area contributed by atoms with Crippen molar-refractivity contribution in [3.63, 3.8) is 0 Å². The van der Waals surface area contributed by atoms with Crippen LogP contribution in [0.1, 0.15) is 91.8 Å². The molecule has 3 aromatic rings. The minimum Gasteiger partial charge on any atom is -0.493 e. The van der Waals surface area contributed by atoms with Crippen LogP contribution in [0.3, 0.4) is 0 Å². The molecule has 0 saturated carbocycles. The van der Waals surface area contributed by atoms with Crippen LogP contribution in [0.4, 0.5) is 0 Å². The van der Waals surface area contributed by atoms with Crippen LogP contribution in [-0.4, -0.2) is 88.4 Å². The number of amides is 1. The number of allylic oxidation sites excluding steroid dienone is 1. The minimum atomic E-state index is -0.596. The van der Waals surface area contributed by atoms with Crippen LogP contribution in [0.25, 0.3) is 0 Å². The maximum Gasteiger partial charge on any atom is 0.289 e. The summed E-state index contributed by atoms with van der Waals surface area (Å²) in [7, 11) is 6.75. The second-order valence-corrected chi connectivity index (χ2v) is 16.1. The Balaban J connectivity index is 1.26. The summed E-state index contributed by atoms with van der Waals surface area (Å²) in [5.41, 5.74) is 6.08. The molecule has 4 aliphatic rings. The van der Waals surface area contributed by atoms with Gasteiger partial charge in [-0.1, -0.05) is 13.3 Å². The molecular formula is C44H58N2O8S. The zero-order valence-corrected chi connectivity index (χ0v) is 34.1. The van der Waals surface area contributed by atoms with E-state index in [1.807, 2.05) is 13.0 Å². The van der Waals surface area contributed by atoms with Gasteiger partial charge in [0.25, 0.3) is 5.91 Å². The number of carbonyl (C=O) groups is 1. The molecule has 4 aliphatic heterocycles. The van der Waals surface area contributed by atoms with Gasteiger partial charge in [0, 0.05) is 50.7 Å². The number of aliphatic hydroxyl groups excluding tert-OH is 1. The second-order valence-electron chi connectivity index (χ2n) is 15.3. The van der Waals surface area contributed by atoms with Gasteiger partial charge >= 0.3 is 0 Å². The summed E-state index contributed by atoms with van der Waals surface area (Å²) in [4.78, 5) is 19.8. The van der Waals surface area contributed by atoms with E-state index in [4.69, 9.17) is 28.4 Å². The first-order valence-corrected chi connectivity index (χ1v) is 21.0. The van der Waals surface area contributed by atoms with Gasteiger partial charge in [-0.15, -0.1) is 0 Å². The van der Waals surface area contributed by atoms with Crippen molar-refractivity contribution in [1.82, 2.24) is 9.80 Å². The highest BCUT2D eigenvalue weighted by atomic mass is 32.1. The molecule has 1 amide bonds. The van der Waals surface area contributed by atoms with E-state index in [9.17, 15) is 5.11 Å². The lowest BCUT2D eigenvalue weighted by molar-refractivity contribution is -0.171. The summed E-state index contributed by atoms with van der Waals surface area (Å²) in [6.45, 7) is 7.40. The highest BCUT2D eigenvalue weighted by molar-refractivity contribution is 7.08. The van der Waals surface area contributed by atoms with E-state index in [-0.39, 0.29) is 36.4 Å². The van der Waals surface area contributed by atoms with Crippen LogP contribution in [0.2, 0.25) is 0 Å². The van der Waals surface area contributed by atoms with E-state index in [0.29, 0.717) is 55.1 Å². The number of methoxy groups -OCH3 is 4. The lowest BCUT2D eigenvalue weighted by Gasteiger charge is -2.49. The molecule has 5 heterocycles. The first-order chi connectivity index (χ1) is 26.8. The third kappa shape index (κ3) is 7.82.